The van der Waals surface area contributed by atoms with Crippen molar-refractivity contribution in [2.75, 3.05) is 0 Å². The third-order valence-corrected chi connectivity index (χ3v) is 4.67. The molecule has 1 aliphatic carbocycles. The Balaban J connectivity index is 2.13. The molecule has 1 saturated carbocycles. The Morgan fingerprint density at radius 1 is 1.15 bits per heavy atom. The highest BCUT2D eigenvalue weighted by Crippen LogP contribution is 2.24. The molecule has 26 heavy (non-hydrogen) atoms. The predicted molar refractivity (Wildman–Crippen MR) is 97.9 cm³/mol. The zero-order chi connectivity index (χ0) is 19.3. The van der Waals surface area contributed by atoms with Crippen LogP contribution in [0.25, 0.3) is 0 Å². The quantitative estimate of drug-likeness (QED) is 0.715. The maximum Gasteiger partial charge on any atom is 0.437 e. The molecule has 7 heteroatoms. The van der Waals surface area contributed by atoms with Crippen LogP contribution in [0.4, 0.5) is 0 Å². The van der Waals surface area contributed by atoms with Crippen molar-refractivity contribution >= 4 is 11.7 Å². The number of carbonyl (C=O) groups is 2. The monoisotopic (exact) mass is 365 g/mol. The van der Waals surface area contributed by atoms with E-state index >= 15 is 0 Å². The van der Waals surface area contributed by atoms with Gasteiger partial charge in [-0.15, -0.1) is 5.10 Å². The van der Waals surface area contributed by atoms with Gasteiger partial charge in [-0.1, -0.05) is 47.0 Å². The van der Waals surface area contributed by atoms with E-state index in [0.717, 1.165) is 32.1 Å². The summed E-state index contributed by atoms with van der Waals surface area (Å²) in [7, 11) is 0. The van der Waals surface area contributed by atoms with Crippen LogP contribution in [-0.2, 0) is 11.3 Å². The number of rotatable bonds is 8. The number of carbonyl (C=O) groups excluding carboxylic acids is 2. The third-order valence-electron chi connectivity index (χ3n) is 4.67. The first-order valence-electron chi connectivity index (χ1n) is 9.70. The predicted octanol–water partition coefficient (Wildman–Crippen LogP) is 2.79. The van der Waals surface area contributed by atoms with Crippen molar-refractivity contribution in [3.8, 4) is 0 Å². The Kier molecular flexibility index (Phi) is 7.17. The summed E-state index contributed by atoms with van der Waals surface area (Å²) in [5.74, 6) is -0.973. The topological polar surface area (TPSA) is 94.2 Å². The van der Waals surface area contributed by atoms with E-state index in [9.17, 15) is 14.4 Å². The van der Waals surface area contributed by atoms with Crippen molar-refractivity contribution in [1.29, 1.82) is 0 Å². The van der Waals surface area contributed by atoms with E-state index in [4.69, 9.17) is 4.42 Å². The Hall–Kier alpha value is -1.92. The largest absolute Gasteiger partial charge is 0.437 e. The minimum Gasteiger partial charge on any atom is -0.384 e. The number of nitrogens with one attached hydrogen (secondary N) is 1. The van der Waals surface area contributed by atoms with Gasteiger partial charge in [0.1, 0.15) is 0 Å². The number of Topliss-reactive ketones (excluding diaryl/α,β-unsaturated/α-hetero) is 1. The van der Waals surface area contributed by atoms with Crippen LogP contribution in [0.3, 0.4) is 0 Å². The lowest BCUT2D eigenvalue weighted by Crippen LogP contribution is -2.45. The second-order valence-corrected chi connectivity index (χ2v) is 8.14. The van der Waals surface area contributed by atoms with Crippen LogP contribution in [-0.4, -0.2) is 27.5 Å². The van der Waals surface area contributed by atoms with E-state index in [0.29, 0.717) is 13.0 Å². The van der Waals surface area contributed by atoms with Gasteiger partial charge in [0.05, 0.1) is 12.6 Å². The highest BCUT2D eigenvalue weighted by atomic mass is 16.4. The zero-order valence-corrected chi connectivity index (χ0v) is 16.3. The Morgan fingerprint density at radius 2 is 1.81 bits per heavy atom. The maximum atomic E-state index is 12.8. The van der Waals surface area contributed by atoms with Crippen molar-refractivity contribution in [2.45, 2.75) is 78.8 Å². The fraction of sp³-hybridized carbons (Fsp3) is 0.789. The number of nitrogens with zero attached hydrogens (tertiary/aromatic N) is 2. The van der Waals surface area contributed by atoms with Crippen LogP contribution < -0.4 is 11.1 Å². The standard InChI is InChI=1S/C19H31N3O4/c1-12(2)10-15(20-17(24)14-8-6-5-7-9-14)16(23)18-21-22(11-13(3)4)19(25)26-18/h12-15H,5-11H2,1-4H3,(H,20,24). The number of amides is 1. The minimum atomic E-state index is -0.713. The molecule has 7 nitrogen and oxygen atoms in total. The van der Waals surface area contributed by atoms with Gasteiger partial charge in [0, 0.05) is 5.92 Å². The van der Waals surface area contributed by atoms with Gasteiger partial charge >= 0.3 is 5.76 Å². The van der Waals surface area contributed by atoms with Crippen LogP contribution in [0.1, 0.15) is 76.9 Å². The summed E-state index contributed by atoms with van der Waals surface area (Å²) >= 11 is 0. The number of hydrogen-bond acceptors (Lipinski definition) is 5. The summed E-state index contributed by atoms with van der Waals surface area (Å²) in [5.41, 5.74) is 0. The summed E-state index contributed by atoms with van der Waals surface area (Å²) in [6.07, 6.45) is 5.48. The SMILES string of the molecule is CC(C)CC(NC(=O)C1CCCCC1)C(=O)c1nn(CC(C)C)c(=O)o1. The molecule has 1 atom stereocenters. The molecule has 0 radical (unpaired) electrons. The van der Waals surface area contributed by atoms with Crippen LogP contribution in [0.5, 0.6) is 0 Å². The lowest BCUT2D eigenvalue weighted by Gasteiger charge is -2.24. The lowest BCUT2D eigenvalue weighted by atomic mass is 9.88. The van der Waals surface area contributed by atoms with E-state index in [1.807, 2.05) is 27.7 Å². The second-order valence-electron chi connectivity index (χ2n) is 8.14. The Bertz CT molecular complexity index is 669. The minimum absolute atomic E-state index is 0.0308. The molecule has 1 unspecified atom stereocenters. The molecule has 1 aromatic rings. The summed E-state index contributed by atoms with van der Waals surface area (Å²) in [6, 6.07) is -0.713. The molecular formula is C19H31N3O4. The molecule has 0 spiro atoms. The molecule has 1 aliphatic rings. The van der Waals surface area contributed by atoms with Crippen LogP contribution in [0.2, 0.25) is 0 Å². The fourth-order valence-electron chi connectivity index (χ4n) is 3.37. The number of hydrogen-bond donors (Lipinski definition) is 1. The molecule has 1 heterocycles. The molecule has 0 aromatic carbocycles. The average molecular weight is 365 g/mol. The van der Waals surface area contributed by atoms with Crippen molar-refractivity contribution in [3.63, 3.8) is 0 Å². The van der Waals surface area contributed by atoms with Gasteiger partial charge in [0.15, 0.2) is 0 Å². The highest BCUT2D eigenvalue weighted by molar-refractivity contribution is 5.98. The molecule has 1 amide bonds. The molecule has 0 aliphatic heterocycles. The Morgan fingerprint density at radius 3 is 2.38 bits per heavy atom. The summed E-state index contributed by atoms with van der Waals surface area (Å²) in [6.45, 7) is 8.27. The number of aromatic nitrogens is 2. The normalized spacial score (nSPS) is 16.8. The molecule has 2 rings (SSSR count). The van der Waals surface area contributed by atoms with E-state index in [1.165, 1.54) is 4.68 Å². The first kappa shape index (κ1) is 20.4. The van der Waals surface area contributed by atoms with Gasteiger partial charge in [-0.25, -0.2) is 4.79 Å². The smallest absolute Gasteiger partial charge is 0.384 e. The Labute approximate surface area is 154 Å². The van der Waals surface area contributed by atoms with Crippen molar-refractivity contribution in [2.24, 2.45) is 17.8 Å². The van der Waals surface area contributed by atoms with Crippen molar-refractivity contribution in [1.82, 2.24) is 15.1 Å². The molecule has 1 aromatic heterocycles. The lowest BCUT2D eigenvalue weighted by molar-refractivity contribution is -0.126. The molecular weight excluding hydrogens is 334 g/mol. The van der Waals surface area contributed by atoms with Crippen LogP contribution >= 0.6 is 0 Å². The first-order valence-corrected chi connectivity index (χ1v) is 9.70. The molecule has 146 valence electrons. The molecule has 0 bridgehead atoms. The van der Waals surface area contributed by atoms with Gasteiger partial charge in [-0.05, 0) is 31.1 Å². The number of ketones is 1. The van der Waals surface area contributed by atoms with Gasteiger partial charge in [-0.2, -0.15) is 4.68 Å². The first-order chi connectivity index (χ1) is 12.3. The summed E-state index contributed by atoms with van der Waals surface area (Å²) < 4.78 is 6.24. The average Bonchev–Trinajstić information content (AvgIpc) is 2.94. The fourth-order valence-corrected chi connectivity index (χ4v) is 3.37. The van der Waals surface area contributed by atoms with Crippen LogP contribution in [0, 0.1) is 17.8 Å². The van der Waals surface area contributed by atoms with Crippen LogP contribution in [0.15, 0.2) is 9.21 Å². The summed E-state index contributed by atoms with van der Waals surface area (Å²) in [4.78, 5) is 37.3. The molecule has 1 fully saturated rings. The highest BCUT2D eigenvalue weighted by Gasteiger charge is 2.30. The van der Waals surface area contributed by atoms with E-state index in [-0.39, 0.29) is 29.6 Å². The molecule has 0 saturated heterocycles. The van der Waals surface area contributed by atoms with Crippen molar-refractivity contribution < 1.29 is 14.0 Å². The maximum absolute atomic E-state index is 12.8. The van der Waals surface area contributed by atoms with Crippen molar-refractivity contribution in [3.05, 3.63) is 16.4 Å². The van der Waals surface area contributed by atoms with E-state index < -0.39 is 17.6 Å². The molecule has 1 N–H and O–H groups in total. The van der Waals surface area contributed by atoms with Gasteiger partial charge in [0.25, 0.3) is 5.89 Å². The second kappa shape index (κ2) is 9.14. The zero-order valence-electron chi connectivity index (χ0n) is 16.3. The van der Waals surface area contributed by atoms with Gasteiger partial charge < -0.3 is 9.73 Å². The third kappa shape index (κ3) is 5.54. The van der Waals surface area contributed by atoms with Gasteiger partial charge in [-0.3, -0.25) is 9.59 Å². The summed E-state index contributed by atoms with van der Waals surface area (Å²) in [5, 5.41) is 6.92. The van der Waals surface area contributed by atoms with Gasteiger partial charge in [0.2, 0.25) is 11.7 Å². The van der Waals surface area contributed by atoms with E-state index in [2.05, 4.69) is 10.4 Å². The van der Waals surface area contributed by atoms with E-state index in [1.54, 1.807) is 0 Å².